The van der Waals surface area contributed by atoms with E-state index >= 15 is 0 Å². The van der Waals surface area contributed by atoms with Crippen molar-refractivity contribution < 1.29 is 14.5 Å². The lowest BCUT2D eigenvalue weighted by Crippen LogP contribution is -2.13. The average molecular weight is 261 g/mol. The fraction of sp³-hybridized carbons (Fsp3) is 0.167. The molecule has 0 atom stereocenters. The fourth-order valence-electron chi connectivity index (χ4n) is 1.45. The van der Waals surface area contributed by atoms with Crippen LogP contribution >= 0.6 is 0 Å². The van der Waals surface area contributed by atoms with Gasteiger partial charge in [0.05, 0.1) is 4.92 Å². The van der Waals surface area contributed by atoms with Crippen LogP contribution in [0.3, 0.4) is 0 Å². The second kappa shape index (κ2) is 5.76. The van der Waals surface area contributed by atoms with Gasteiger partial charge in [-0.05, 0) is 5.56 Å². The molecule has 7 heteroatoms. The number of rotatable bonds is 5. The highest BCUT2D eigenvalue weighted by atomic mass is 16.6. The van der Waals surface area contributed by atoms with E-state index in [9.17, 15) is 14.9 Å². The molecular weight excluding hydrogens is 250 g/mol. The molecule has 0 unspecified atom stereocenters. The van der Waals surface area contributed by atoms with Gasteiger partial charge in [-0.2, -0.15) is 5.10 Å². The van der Waals surface area contributed by atoms with Crippen molar-refractivity contribution in [2.45, 2.75) is 13.2 Å². The minimum absolute atomic E-state index is 0.152. The van der Waals surface area contributed by atoms with Crippen molar-refractivity contribution in [3.63, 3.8) is 0 Å². The molecule has 2 aromatic rings. The lowest BCUT2D eigenvalue weighted by molar-refractivity contribution is -0.385. The van der Waals surface area contributed by atoms with Gasteiger partial charge in [-0.1, -0.05) is 30.3 Å². The monoisotopic (exact) mass is 261 g/mol. The summed E-state index contributed by atoms with van der Waals surface area (Å²) in [5.41, 5.74) is 0.721. The van der Waals surface area contributed by atoms with Crippen molar-refractivity contribution in [2.24, 2.45) is 0 Å². The normalized spacial score (nSPS) is 10.1. The summed E-state index contributed by atoms with van der Waals surface area (Å²) >= 11 is 0. The maximum absolute atomic E-state index is 11.5. The lowest BCUT2D eigenvalue weighted by Gasteiger charge is -2.04. The third-order valence-corrected chi connectivity index (χ3v) is 2.36. The zero-order valence-electron chi connectivity index (χ0n) is 9.93. The van der Waals surface area contributed by atoms with Crippen molar-refractivity contribution in [3.8, 4) is 0 Å². The van der Waals surface area contributed by atoms with Gasteiger partial charge in [0.15, 0.2) is 0 Å². The molecule has 0 saturated heterocycles. The molecule has 0 aliphatic heterocycles. The summed E-state index contributed by atoms with van der Waals surface area (Å²) < 4.78 is 6.20. The zero-order chi connectivity index (χ0) is 13.7. The van der Waals surface area contributed by atoms with Crippen LogP contribution in [-0.4, -0.2) is 20.7 Å². The molecule has 1 heterocycles. The Bertz CT molecular complexity index is 580. The van der Waals surface area contributed by atoms with Crippen LogP contribution < -0.4 is 0 Å². The highest BCUT2D eigenvalue weighted by Gasteiger charge is 2.11. The molecule has 1 aromatic heterocycles. The summed E-state index contributed by atoms with van der Waals surface area (Å²) in [4.78, 5) is 21.4. The number of esters is 1. The van der Waals surface area contributed by atoms with Crippen molar-refractivity contribution in [1.82, 2.24) is 9.78 Å². The Morgan fingerprint density at radius 3 is 2.74 bits per heavy atom. The Balaban J connectivity index is 1.85. The Morgan fingerprint density at radius 2 is 2.11 bits per heavy atom. The predicted octanol–water partition coefficient (Wildman–Crippen LogP) is 1.53. The number of benzene rings is 1. The van der Waals surface area contributed by atoms with Crippen LogP contribution in [0.4, 0.5) is 5.69 Å². The number of ether oxygens (including phenoxy) is 1. The third-order valence-electron chi connectivity index (χ3n) is 2.36. The lowest BCUT2D eigenvalue weighted by atomic mass is 10.2. The summed E-state index contributed by atoms with van der Waals surface area (Å²) in [6, 6.07) is 9.24. The van der Waals surface area contributed by atoms with Gasteiger partial charge in [-0.25, -0.2) is 0 Å². The average Bonchev–Trinajstić information content (AvgIpc) is 2.86. The van der Waals surface area contributed by atoms with Crippen LogP contribution in [0, 0.1) is 10.1 Å². The molecule has 0 bridgehead atoms. The molecule has 19 heavy (non-hydrogen) atoms. The summed E-state index contributed by atoms with van der Waals surface area (Å²) in [6.45, 7) is 0.0176. The number of nitrogens with zero attached hydrogens (tertiary/aromatic N) is 3. The summed E-state index contributed by atoms with van der Waals surface area (Å²) in [7, 11) is 0. The van der Waals surface area contributed by atoms with Crippen LogP contribution in [0.1, 0.15) is 5.56 Å². The zero-order valence-corrected chi connectivity index (χ0v) is 9.93. The van der Waals surface area contributed by atoms with E-state index in [1.165, 1.54) is 10.9 Å². The van der Waals surface area contributed by atoms with Crippen molar-refractivity contribution in [1.29, 1.82) is 0 Å². The SMILES string of the molecule is O=C(Cn1cc([N+](=O)[O-])cn1)OCc1ccccc1. The topological polar surface area (TPSA) is 87.3 Å². The van der Waals surface area contributed by atoms with Gasteiger partial charge in [0.2, 0.25) is 0 Å². The standard InChI is InChI=1S/C12H11N3O4/c16-12(19-9-10-4-2-1-3-5-10)8-14-7-11(6-13-14)15(17)18/h1-7H,8-9H2. The van der Waals surface area contributed by atoms with E-state index < -0.39 is 10.9 Å². The molecule has 0 N–H and O–H groups in total. The quantitative estimate of drug-likeness (QED) is 0.462. The Labute approximate surface area is 108 Å². The molecule has 2 rings (SSSR count). The first-order chi connectivity index (χ1) is 9.15. The molecule has 0 amide bonds. The number of nitro groups is 1. The smallest absolute Gasteiger partial charge is 0.328 e. The number of carbonyl (C=O) groups excluding carboxylic acids is 1. The van der Waals surface area contributed by atoms with E-state index in [-0.39, 0.29) is 18.8 Å². The first-order valence-electron chi connectivity index (χ1n) is 5.51. The largest absolute Gasteiger partial charge is 0.459 e. The Morgan fingerprint density at radius 1 is 1.37 bits per heavy atom. The van der Waals surface area contributed by atoms with Crippen molar-refractivity contribution in [3.05, 3.63) is 58.4 Å². The van der Waals surface area contributed by atoms with Crippen LogP contribution in [0.25, 0.3) is 0 Å². The van der Waals surface area contributed by atoms with Crippen LogP contribution in [0.2, 0.25) is 0 Å². The predicted molar refractivity (Wildman–Crippen MR) is 65.1 cm³/mol. The van der Waals surface area contributed by atoms with E-state index in [0.29, 0.717) is 0 Å². The maximum atomic E-state index is 11.5. The van der Waals surface area contributed by atoms with Gasteiger partial charge in [0, 0.05) is 0 Å². The minimum atomic E-state index is -0.571. The number of hydrogen-bond acceptors (Lipinski definition) is 5. The number of hydrogen-bond donors (Lipinski definition) is 0. The van der Waals surface area contributed by atoms with Gasteiger partial charge in [-0.15, -0.1) is 0 Å². The molecule has 0 saturated carbocycles. The molecular formula is C12H11N3O4. The maximum Gasteiger partial charge on any atom is 0.328 e. The van der Waals surface area contributed by atoms with Gasteiger partial charge >= 0.3 is 11.7 Å². The van der Waals surface area contributed by atoms with Crippen LogP contribution in [-0.2, 0) is 22.7 Å². The highest BCUT2D eigenvalue weighted by molar-refractivity contribution is 5.69. The molecule has 1 aromatic carbocycles. The van der Waals surface area contributed by atoms with Gasteiger partial charge < -0.3 is 4.74 Å². The Hall–Kier alpha value is -2.70. The summed E-state index contributed by atoms with van der Waals surface area (Å²) in [5.74, 6) is -0.498. The number of carbonyl (C=O) groups is 1. The van der Waals surface area contributed by atoms with E-state index in [4.69, 9.17) is 4.74 Å². The highest BCUT2D eigenvalue weighted by Crippen LogP contribution is 2.08. The first kappa shape index (κ1) is 12.7. The fourth-order valence-corrected chi connectivity index (χ4v) is 1.45. The summed E-state index contributed by atoms with van der Waals surface area (Å²) in [5, 5.41) is 14.2. The molecule has 0 aliphatic carbocycles. The van der Waals surface area contributed by atoms with E-state index in [1.54, 1.807) is 0 Å². The second-order valence-electron chi connectivity index (χ2n) is 3.80. The molecule has 0 spiro atoms. The molecule has 7 nitrogen and oxygen atoms in total. The third kappa shape index (κ3) is 3.63. The molecule has 0 aliphatic rings. The van der Waals surface area contributed by atoms with Crippen LogP contribution in [0.15, 0.2) is 42.7 Å². The second-order valence-corrected chi connectivity index (χ2v) is 3.80. The van der Waals surface area contributed by atoms with Gasteiger partial charge in [0.25, 0.3) is 0 Å². The van der Waals surface area contributed by atoms with Crippen LogP contribution in [0.5, 0.6) is 0 Å². The molecule has 0 fully saturated rings. The van der Waals surface area contributed by atoms with E-state index in [0.717, 1.165) is 11.8 Å². The van der Waals surface area contributed by atoms with Gasteiger partial charge in [0.1, 0.15) is 25.5 Å². The first-order valence-corrected chi connectivity index (χ1v) is 5.51. The van der Waals surface area contributed by atoms with E-state index in [2.05, 4.69) is 5.10 Å². The molecule has 0 radical (unpaired) electrons. The summed E-state index contributed by atoms with van der Waals surface area (Å²) in [6.07, 6.45) is 2.27. The van der Waals surface area contributed by atoms with E-state index in [1.807, 2.05) is 30.3 Å². The van der Waals surface area contributed by atoms with Gasteiger partial charge in [-0.3, -0.25) is 19.6 Å². The van der Waals surface area contributed by atoms with Crippen molar-refractivity contribution in [2.75, 3.05) is 0 Å². The van der Waals surface area contributed by atoms with Crippen molar-refractivity contribution >= 4 is 11.7 Å². The minimum Gasteiger partial charge on any atom is -0.459 e. The molecule has 98 valence electrons. The number of aromatic nitrogens is 2. The Kier molecular flexibility index (Phi) is 3.87.